The molecule has 1 aliphatic heterocycles. The van der Waals surface area contributed by atoms with Gasteiger partial charge in [-0.25, -0.2) is 4.79 Å². The number of aromatic amines is 1. The first-order valence-electron chi connectivity index (χ1n) is 7.21. The van der Waals surface area contributed by atoms with Gasteiger partial charge in [-0.2, -0.15) is 0 Å². The Morgan fingerprint density at radius 1 is 1.29 bits per heavy atom. The maximum atomic E-state index is 11.9. The SMILES string of the molecule is COCCn1c(N)c(NCCN2CCCC2)c(=O)[nH]c1=O. The number of aromatic nitrogens is 2. The lowest BCUT2D eigenvalue weighted by molar-refractivity contribution is 0.186. The molecule has 118 valence electrons. The van der Waals surface area contributed by atoms with Crippen molar-refractivity contribution in [3.8, 4) is 0 Å². The normalized spacial score (nSPS) is 15.5. The Morgan fingerprint density at radius 2 is 2.00 bits per heavy atom. The number of rotatable bonds is 7. The highest BCUT2D eigenvalue weighted by atomic mass is 16.5. The highest BCUT2D eigenvalue weighted by Gasteiger charge is 2.14. The molecule has 1 aliphatic rings. The third-order valence-electron chi connectivity index (χ3n) is 3.69. The van der Waals surface area contributed by atoms with Gasteiger partial charge in [0.2, 0.25) is 0 Å². The van der Waals surface area contributed by atoms with Crippen molar-refractivity contribution >= 4 is 11.5 Å². The highest BCUT2D eigenvalue weighted by molar-refractivity contribution is 5.60. The number of nitrogen functional groups attached to an aromatic ring is 1. The lowest BCUT2D eigenvalue weighted by atomic mass is 10.4. The van der Waals surface area contributed by atoms with Gasteiger partial charge < -0.3 is 20.7 Å². The van der Waals surface area contributed by atoms with Gasteiger partial charge in [-0.15, -0.1) is 0 Å². The number of hydrogen-bond donors (Lipinski definition) is 3. The van der Waals surface area contributed by atoms with Crippen molar-refractivity contribution in [2.75, 3.05) is 50.9 Å². The van der Waals surface area contributed by atoms with E-state index in [1.807, 2.05) is 0 Å². The van der Waals surface area contributed by atoms with Crippen LogP contribution in [0, 0.1) is 0 Å². The summed E-state index contributed by atoms with van der Waals surface area (Å²) in [5, 5.41) is 3.04. The van der Waals surface area contributed by atoms with Crippen molar-refractivity contribution in [2.24, 2.45) is 0 Å². The summed E-state index contributed by atoms with van der Waals surface area (Å²) >= 11 is 0. The molecular formula is C13H23N5O3. The van der Waals surface area contributed by atoms with E-state index in [1.165, 1.54) is 17.4 Å². The van der Waals surface area contributed by atoms with E-state index in [2.05, 4.69) is 15.2 Å². The Morgan fingerprint density at radius 3 is 2.67 bits per heavy atom. The first kappa shape index (κ1) is 15.6. The molecule has 0 bridgehead atoms. The predicted octanol–water partition coefficient (Wildman–Crippen LogP) is -0.727. The fourth-order valence-electron chi connectivity index (χ4n) is 2.51. The minimum absolute atomic E-state index is 0.155. The first-order chi connectivity index (χ1) is 10.1. The molecule has 0 unspecified atom stereocenters. The number of likely N-dealkylation sites (tertiary alicyclic amines) is 1. The number of nitrogens with two attached hydrogens (primary N) is 1. The van der Waals surface area contributed by atoms with Gasteiger partial charge in [0, 0.05) is 20.2 Å². The monoisotopic (exact) mass is 297 g/mol. The Labute approximate surface area is 122 Å². The van der Waals surface area contributed by atoms with E-state index < -0.39 is 11.2 Å². The zero-order chi connectivity index (χ0) is 15.2. The van der Waals surface area contributed by atoms with Crippen LogP contribution < -0.4 is 22.3 Å². The second kappa shape index (κ2) is 7.28. The van der Waals surface area contributed by atoms with E-state index in [9.17, 15) is 9.59 Å². The average Bonchev–Trinajstić information content (AvgIpc) is 2.95. The van der Waals surface area contributed by atoms with Crippen LogP contribution in [0.3, 0.4) is 0 Å². The number of anilines is 2. The maximum absolute atomic E-state index is 11.9. The van der Waals surface area contributed by atoms with Crippen LogP contribution in [0.15, 0.2) is 9.59 Å². The van der Waals surface area contributed by atoms with Crippen molar-refractivity contribution in [3.63, 3.8) is 0 Å². The molecule has 0 aromatic carbocycles. The van der Waals surface area contributed by atoms with Crippen molar-refractivity contribution in [1.82, 2.24) is 14.5 Å². The Kier molecular flexibility index (Phi) is 5.40. The molecule has 0 atom stereocenters. The molecule has 0 amide bonds. The standard InChI is InChI=1S/C13H23N5O3/c1-21-9-8-18-11(14)10(12(19)16-13(18)20)15-4-7-17-5-2-3-6-17/h15H,2-9,14H2,1H3,(H,16,19,20). The van der Waals surface area contributed by atoms with Gasteiger partial charge in [0.15, 0.2) is 0 Å². The summed E-state index contributed by atoms with van der Waals surface area (Å²) in [6.45, 7) is 4.33. The molecule has 0 saturated carbocycles. The molecule has 2 heterocycles. The minimum Gasteiger partial charge on any atom is -0.383 e. The third-order valence-corrected chi connectivity index (χ3v) is 3.69. The number of nitrogens with one attached hydrogen (secondary N) is 2. The van der Waals surface area contributed by atoms with Crippen LogP contribution in [0.25, 0.3) is 0 Å². The van der Waals surface area contributed by atoms with E-state index in [4.69, 9.17) is 10.5 Å². The van der Waals surface area contributed by atoms with Crippen LogP contribution in [0.4, 0.5) is 11.5 Å². The summed E-state index contributed by atoms with van der Waals surface area (Å²) in [4.78, 5) is 28.2. The van der Waals surface area contributed by atoms with Gasteiger partial charge in [0.05, 0.1) is 13.2 Å². The molecule has 4 N–H and O–H groups in total. The van der Waals surface area contributed by atoms with Gasteiger partial charge in [0.1, 0.15) is 11.5 Å². The molecule has 1 fully saturated rings. The van der Waals surface area contributed by atoms with Crippen LogP contribution in [-0.4, -0.2) is 54.3 Å². The van der Waals surface area contributed by atoms with E-state index >= 15 is 0 Å². The second-order valence-electron chi connectivity index (χ2n) is 5.14. The van der Waals surface area contributed by atoms with Crippen molar-refractivity contribution < 1.29 is 4.74 Å². The van der Waals surface area contributed by atoms with Crippen LogP contribution in [0.2, 0.25) is 0 Å². The van der Waals surface area contributed by atoms with E-state index in [0.717, 1.165) is 19.6 Å². The summed E-state index contributed by atoms with van der Waals surface area (Å²) in [7, 11) is 1.54. The predicted molar refractivity (Wildman–Crippen MR) is 81.8 cm³/mol. The Hall–Kier alpha value is -1.80. The molecule has 1 aromatic heterocycles. The number of methoxy groups -OCH3 is 1. The summed E-state index contributed by atoms with van der Waals surface area (Å²) in [5.41, 5.74) is 5.19. The summed E-state index contributed by atoms with van der Waals surface area (Å²) in [6.07, 6.45) is 2.45. The molecule has 0 aliphatic carbocycles. The molecule has 1 aromatic rings. The van der Waals surface area contributed by atoms with Crippen molar-refractivity contribution in [2.45, 2.75) is 19.4 Å². The van der Waals surface area contributed by atoms with Gasteiger partial charge >= 0.3 is 5.69 Å². The minimum atomic E-state index is -0.514. The zero-order valence-electron chi connectivity index (χ0n) is 12.4. The molecule has 0 spiro atoms. The zero-order valence-corrected chi connectivity index (χ0v) is 12.4. The molecule has 0 radical (unpaired) electrons. The lowest BCUT2D eigenvalue weighted by Gasteiger charge is -2.17. The number of ether oxygens (including phenoxy) is 1. The molecule has 1 saturated heterocycles. The smallest absolute Gasteiger partial charge is 0.330 e. The van der Waals surface area contributed by atoms with Gasteiger partial charge in [-0.3, -0.25) is 14.3 Å². The van der Waals surface area contributed by atoms with Gasteiger partial charge in [-0.1, -0.05) is 0 Å². The second-order valence-corrected chi connectivity index (χ2v) is 5.14. The third kappa shape index (κ3) is 3.85. The Balaban J connectivity index is 2.06. The van der Waals surface area contributed by atoms with Crippen LogP contribution in [0.5, 0.6) is 0 Å². The van der Waals surface area contributed by atoms with Gasteiger partial charge in [-0.05, 0) is 25.9 Å². The Bertz CT molecular complexity index is 574. The number of H-pyrrole nitrogens is 1. The van der Waals surface area contributed by atoms with Gasteiger partial charge in [0.25, 0.3) is 5.56 Å². The fourth-order valence-corrected chi connectivity index (χ4v) is 2.51. The number of hydrogen-bond acceptors (Lipinski definition) is 6. The van der Waals surface area contributed by atoms with Crippen molar-refractivity contribution in [1.29, 1.82) is 0 Å². The molecule has 8 nitrogen and oxygen atoms in total. The average molecular weight is 297 g/mol. The summed E-state index contributed by atoms with van der Waals surface area (Å²) < 4.78 is 6.25. The fraction of sp³-hybridized carbons (Fsp3) is 0.692. The quantitative estimate of drug-likeness (QED) is 0.613. The van der Waals surface area contributed by atoms with Crippen LogP contribution in [-0.2, 0) is 11.3 Å². The van der Waals surface area contributed by atoms with E-state index in [-0.39, 0.29) is 11.5 Å². The maximum Gasteiger partial charge on any atom is 0.330 e. The topological polar surface area (TPSA) is 105 Å². The highest BCUT2D eigenvalue weighted by Crippen LogP contribution is 2.10. The first-order valence-corrected chi connectivity index (χ1v) is 7.21. The van der Waals surface area contributed by atoms with E-state index in [1.54, 1.807) is 7.11 Å². The van der Waals surface area contributed by atoms with E-state index in [0.29, 0.717) is 19.7 Å². The molecule has 2 rings (SSSR count). The number of nitrogens with zero attached hydrogens (tertiary/aromatic N) is 2. The van der Waals surface area contributed by atoms with Crippen molar-refractivity contribution in [3.05, 3.63) is 20.8 Å². The molecule has 21 heavy (non-hydrogen) atoms. The lowest BCUT2D eigenvalue weighted by Crippen LogP contribution is -2.36. The van der Waals surface area contributed by atoms with Crippen LogP contribution in [0.1, 0.15) is 12.8 Å². The molecule has 8 heteroatoms. The largest absolute Gasteiger partial charge is 0.383 e. The molecular weight excluding hydrogens is 274 g/mol. The van der Waals surface area contributed by atoms with Crippen LogP contribution >= 0.6 is 0 Å². The summed E-state index contributed by atoms with van der Waals surface area (Å²) in [5.74, 6) is 0.155. The summed E-state index contributed by atoms with van der Waals surface area (Å²) in [6, 6.07) is 0.